The molecule has 0 heterocycles. The molecular weight excluding hydrogens is 136 g/mol. The van der Waals surface area contributed by atoms with E-state index in [2.05, 4.69) is 13.5 Å². The van der Waals surface area contributed by atoms with Gasteiger partial charge in [-0.25, -0.2) is 0 Å². The zero-order valence-electron chi connectivity index (χ0n) is 7.71. The zero-order valence-corrected chi connectivity index (χ0v) is 7.71. The second-order valence-corrected chi connectivity index (χ2v) is 3.16. The summed E-state index contributed by atoms with van der Waals surface area (Å²) >= 11 is 0. The lowest BCUT2D eigenvalue weighted by molar-refractivity contribution is 0.125. The van der Waals surface area contributed by atoms with E-state index >= 15 is 0 Å². The predicted molar refractivity (Wildman–Crippen MR) is 49.5 cm³/mol. The normalized spacial score (nSPS) is 15.9. The summed E-state index contributed by atoms with van der Waals surface area (Å²) in [6, 6.07) is 0. The van der Waals surface area contributed by atoms with Crippen LogP contribution < -0.4 is 0 Å². The molecule has 0 amide bonds. The Hall–Kier alpha value is -0.300. The third-order valence-corrected chi connectivity index (χ3v) is 2.08. The van der Waals surface area contributed by atoms with Crippen molar-refractivity contribution >= 4 is 0 Å². The highest BCUT2D eigenvalue weighted by molar-refractivity contribution is 4.80. The van der Waals surface area contributed by atoms with Gasteiger partial charge in [0.25, 0.3) is 0 Å². The molecule has 0 unspecified atom stereocenters. The van der Waals surface area contributed by atoms with Gasteiger partial charge in [-0.1, -0.05) is 39.2 Å². The van der Waals surface area contributed by atoms with Gasteiger partial charge in [-0.2, -0.15) is 0 Å². The molecule has 1 N–H and O–H groups in total. The fraction of sp³-hybridized carbons (Fsp3) is 0.800. The van der Waals surface area contributed by atoms with Gasteiger partial charge in [0, 0.05) is 0 Å². The summed E-state index contributed by atoms with van der Waals surface area (Å²) < 4.78 is 0. The summed E-state index contributed by atoms with van der Waals surface area (Å²) in [5, 5.41) is 9.47. The van der Waals surface area contributed by atoms with Gasteiger partial charge in [0.05, 0.1) is 6.10 Å². The number of unbranched alkanes of at least 4 members (excludes halogenated alkanes) is 2. The van der Waals surface area contributed by atoms with Crippen LogP contribution in [0.2, 0.25) is 0 Å². The Kier molecular flexibility index (Phi) is 6.24. The van der Waals surface area contributed by atoms with E-state index in [0.717, 1.165) is 12.8 Å². The minimum Gasteiger partial charge on any atom is -0.393 e. The number of hydrogen-bond acceptors (Lipinski definition) is 1. The Labute approximate surface area is 70.1 Å². The van der Waals surface area contributed by atoms with Crippen LogP contribution in [0, 0.1) is 5.92 Å². The molecule has 0 saturated heterocycles. The molecule has 11 heavy (non-hydrogen) atoms. The molecule has 0 bridgehead atoms. The molecule has 0 saturated carbocycles. The third kappa shape index (κ3) is 5.02. The van der Waals surface area contributed by atoms with Crippen LogP contribution in [0.5, 0.6) is 0 Å². The minimum absolute atomic E-state index is 0.181. The molecule has 0 aromatic rings. The number of aliphatic hydroxyl groups excluding tert-OH is 1. The van der Waals surface area contributed by atoms with E-state index in [-0.39, 0.29) is 12.0 Å². The van der Waals surface area contributed by atoms with E-state index in [1.807, 2.05) is 13.0 Å². The molecule has 0 rings (SSSR count). The van der Waals surface area contributed by atoms with Gasteiger partial charge in [-0.15, -0.1) is 6.58 Å². The van der Waals surface area contributed by atoms with Crippen LogP contribution in [0.3, 0.4) is 0 Å². The minimum atomic E-state index is -0.181. The molecule has 0 aliphatic rings. The first-order valence-corrected chi connectivity index (χ1v) is 4.53. The molecular formula is C10H20O. The molecule has 0 aliphatic heterocycles. The second kappa shape index (κ2) is 6.41. The molecule has 0 spiro atoms. The van der Waals surface area contributed by atoms with Crippen molar-refractivity contribution < 1.29 is 5.11 Å². The predicted octanol–water partition coefficient (Wildman–Crippen LogP) is 2.75. The number of aliphatic hydroxyl groups is 1. The van der Waals surface area contributed by atoms with Crippen molar-refractivity contribution in [3.05, 3.63) is 12.7 Å². The summed E-state index contributed by atoms with van der Waals surface area (Å²) in [5.74, 6) is 0.242. The van der Waals surface area contributed by atoms with Crippen LogP contribution >= 0.6 is 0 Å². The molecule has 1 heteroatoms. The van der Waals surface area contributed by atoms with Crippen LogP contribution in [0.1, 0.15) is 39.5 Å². The SMILES string of the molecule is C=C[C@H](C)[C@@H](O)CCCCC. The number of rotatable bonds is 6. The summed E-state index contributed by atoms with van der Waals surface area (Å²) in [6.07, 6.45) is 6.13. The first kappa shape index (κ1) is 10.7. The van der Waals surface area contributed by atoms with Crippen molar-refractivity contribution in [2.24, 2.45) is 5.92 Å². The Balaban J connectivity index is 3.35. The van der Waals surface area contributed by atoms with Crippen molar-refractivity contribution in [1.82, 2.24) is 0 Å². The lowest BCUT2D eigenvalue weighted by Crippen LogP contribution is -2.14. The largest absolute Gasteiger partial charge is 0.393 e. The quantitative estimate of drug-likeness (QED) is 0.463. The highest BCUT2D eigenvalue weighted by atomic mass is 16.3. The summed E-state index contributed by atoms with van der Waals surface area (Å²) in [4.78, 5) is 0. The van der Waals surface area contributed by atoms with Gasteiger partial charge in [-0.3, -0.25) is 0 Å². The van der Waals surface area contributed by atoms with Crippen LogP contribution in [-0.4, -0.2) is 11.2 Å². The maximum atomic E-state index is 9.47. The molecule has 66 valence electrons. The number of hydrogen-bond donors (Lipinski definition) is 1. The summed E-state index contributed by atoms with van der Waals surface area (Å²) in [7, 11) is 0. The monoisotopic (exact) mass is 156 g/mol. The van der Waals surface area contributed by atoms with Crippen molar-refractivity contribution in [1.29, 1.82) is 0 Å². The van der Waals surface area contributed by atoms with E-state index in [1.165, 1.54) is 12.8 Å². The molecule has 1 nitrogen and oxygen atoms in total. The Morgan fingerprint density at radius 3 is 2.55 bits per heavy atom. The first-order chi connectivity index (χ1) is 5.22. The third-order valence-electron chi connectivity index (χ3n) is 2.08. The molecule has 2 atom stereocenters. The van der Waals surface area contributed by atoms with Crippen LogP contribution in [0.25, 0.3) is 0 Å². The molecule has 0 radical (unpaired) electrons. The fourth-order valence-electron chi connectivity index (χ4n) is 1.02. The van der Waals surface area contributed by atoms with Gasteiger partial charge in [0.1, 0.15) is 0 Å². The van der Waals surface area contributed by atoms with Crippen LogP contribution in [-0.2, 0) is 0 Å². The average Bonchev–Trinajstić information content (AvgIpc) is 2.03. The second-order valence-electron chi connectivity index (χ2n) is 3.16. The van der Waals surface area contributed by atoms with Gasteiger partial charge in [0.2, 0.25) is 0 Å². The standard InChI is InChI=1S/C10H20O/c1-4-6-7-8-10(11)9(3)5-2/h5,9-11H,2,4,6-8H2,1,3H3/t9-,10-/m0/s1. The Morgan fingerprint density at radius 2 is 2.09 bits per heavy atom. The lowest BCUT2D eigenvalue weighted by Gasteiger charge is -2.14. The topological polar surface area (TPSA) is 20.2 Å². The van der Waals surface area contributed by atoms with Gasteiger partial charge >= 0.3 is 0 Å². The van der Waals surface area contributed by atoms with Gasteiger partial charge in [0.15, 0.2) is 0 Å². The Morgan fingerprint density at radius 1 is 1.45 bits per heavy atom. The van der Waals surface area contributed by atoms with Gasteiger partial charge < -0.3 is 5.11 Å². The summed E-state index contributed by atoms with van der Waals surface area (Å²) in [5.41, 5.74) is 0. The van der Waals surface area contributed by atoms with Crippen molar-refractivity contribution in [2.75, 3.05) is 0 Å². The highest BCUT2D eigenvalue weighted by Gasteiger charge is 2.08. The average molecular weight is 156 g/mol. The van der Waals surface area contributed by atoms with Crippen LogP contribution in [0.15, 0.2) is 12.7 Å². The maximum absolute atomic E-state index is 9.47. The Bertz CT molecular complexity index is 99.0. The highest BCUT2D eigenvalue weighted by Crippen LogP contribution is 2.11. The van der Waals surface area contributed by atoms with E-state index in [9.17, 15) is 5.11 Å². The first-order valence-electron chi connectivity index (χ1n) is 4.53. The molecule has 0 fully saturated rings. The van der Waals surface area contributed by atoms with E-state index in [1.54, 1.807) is 0 Å². The van der Waals surface area contributed by atoms with Gasteiger partial charge in [-0.05, 0) is 12.3 Å². The van der Waals surface area contributed by atoms with E-state index in [0.29, 0.717) is 0 Å². The fourth-order valence-corrected chi connectivity index (χ4v) is 1.02. The maximum Gasteiger partial charge on any atom is 0.0600 e. The van der Waals surface area contributed by atoms with Crippen LogP contribution in [0.4, 0.5) is 0 Å². The molecule has 0 aromatic carbocycles. The van der Waals surface area contributed by atoms with Crippen molar-refractivity contribution in [2.45, 2.75) is 45.6 Å². The summed E-state index contributed by atoms with van der Waals surface area (Å²) in [6.45, 7) is 7.82. The van der Waals surface area contributed by atoms with E-state index in [4.69, 9.17) is 0 Å². The van der Waals surface area contributed by atoms with E-state index < -0.39 is 0 Å². The molecule has 0 aliphatic carbocycles. The molecule has 0 aromatic heterocycles. The smallest absolute Gasteiger partial charge is 0.0600 e. The lowest BCUT2D eigenvalue weighted by atomic mass is 9.99. The van der Waals surface area contributed by atoms with Crippen molar-refractivity contribution in [3.63, 3.8) is 0 Å². The van der Waals surface area contributed by atoms with Crippen molar-refractivity contribution in [3.8, 4) is 0 Å². The zero-order chi connectivity index (χ0) is 8.69.